The summed E-state index contributed by atoms with van der Waals surface area (Å²) < 4.78 is 5.27. The van der Waals surface area contributed by atoms with Crippen molar-refractivity contribution in [3.63, 3.8) is 0 Å². The van der Waals surface area contributed by atoms with Gasteiger partial charge >= 0.3 is 0 Å². The van der Waals surface area contributed by atoms with Crippen molar-refractivity contribution in [2.24, 2.45) is 0 Å². The van der Waals surface area contributed by atoms with Gasteiger partial charge in [0.05, 0.1) is 0 Å². The number of unbranched alkanes of at least 4 members (excludes halogenated alkanes) is 3. The van der Waals surface area contributed by atoms with E-state index in [0.717, 1.165) is 19.3 Å². The van der Waals surface area contributed by atoms with E-state index in [9.17, 15) is 0 Å². The standard InChI is InChI=1S/C11H23NO/c1-2-13-10-6-4-3-5-9-12-11-7-8-11/h11-12H,2-10H2,1H3. The molecule has 0 unspecified atom stereocenters. The van der Waals surface area contributed by atoms with Crippen molar-refractivity contribution >= 4 is 0 Å². The minimum absolute atomic E-state index is 0.864. The van der Waals surface area contributed by atoms with Gasteiger partial charge in [-0.2, -0.15) is 0 Å². The maximum Gasteiger partial charge on any atom is 0.0465 e. The van der Waals surface area contributed by atoms with E-state index >= 15 is 0 Å². The van der Waals surface area contributed by atoms with Crippen molar-refractivity contribution < 1.29 is 4.74 Å². The van der Waals surface area contributed by atoms with Crippen LogP contribution in [-0.2, 0) is 4.74 Å². The first-order valence-corrected chi connectivity index (χ1v) is 5.74. The topological polar surface area (TPSA) is 21.3 Å². The largest absolute Gasteiger partial charge is 0.382 e. The Morgan fingerprint density at radius 2 is 1.92 bits per heavy atom. The molecular formula is C11H23NO. The zero-order valence-corrected chi connectivity index (χ0v) is 8.85. The summed E-state index contributed by atoms with van der Waals surface area (Å²) in [6, 6.07) is 0.878. The van der Waals surface area contributed by atoms with E-state index in [4.69, 9.17) is 4.74 Å². The van der Waals surface area contributed by atoms with Crippen molar-refractivity contribution in [1.82, 2.24) is 5.32 Å². The molecule has 1 fully saturated rings. The van der Waals surface area contributed by atoms with Crippen LogP contribution in [-0.4, -0.2) is 25.8 Å². The molecule has 0 radical (unpaired) electrons. The number of nitrogens with one attached hydrogen (secondary N) is 1. The van der Waals surface area contributed by atoms with Gasteiger partial charge in [-0.15, -0.1) is 0 Å². The SMILES string of the molecule is CCOCCCCCCNC1CC1. The van der Waals surface area contributed by atoms with Crippen LogP contribution in [0.15, 0.2) is 0 Å². The molecule has 0 aromatic rings. The predicted molar refractivity (Wildman–Crippen MR) is 56.0 cm³/mol. The van der Waals surface area contributed by atoms with Crippen LogP contribution in [0.5, 0.6) is 0 Å². The first-order chi connectivity index (χ1) is 6.43. The maximum absolute atomic E-state index is 5.27. The third-order valence-corrected chi connectivity index (χ3v) is 2.43. The normalized spacial score (nSPS) is 16.4. The summed E-state index contributed by atoms with van der Waals surface area (Å²) >= 11 is 0. The molecule has 0 heterocycles. The summed E-state index contributed by atoms with van der Waals surface area (Å²) in [7, 11) is 0. The van der Waals surface area contributed by atoms with Gasteiger partial charge in [-0.25, -0.2) is 0 Å². The second-order valence-corrected chi connectivity index (χ2v) is 3.84. The van der Waals surface area contributed by atoms with Crippen molar-refractivity contribution in [3.8, 4) is 0 Å². The number of rotatable bonds is 9. The molecule has 1 saturated carbocycles. The smallest absolute Gasteiger partial charge is 0.0465 e. The highest BCUT2D eigenvalue weighted by molar-refractivity contribution is 4.80. The van der Waals surface area contributed by atoms with Crippen molar-refractivity contribution in [2.75, 3.05) is 19.8 Å². The number of hydrogen-bond donors (Lipinski definition) is 1. The monoisotopic (exact) mass is 185 g/mol. The van der Waals surface area contributed by atoms with Gasteiger partial charge in [-0.05, 0) is 39.2 Å². The average molecular weight is 185 g/mol. The van der Waals surface area contributed by atoms with Gasteiger partial charge in [0.2, 0.25) is 0 Å². The lowest BCUT2D eigenvalue weighted by molar-refractivity contribution is 0.143. The lowest BCUT2D eigenvalue weighted by Crippen LogP contribution is -2.17. The Hall–Kier alpha value is -0.0800. The molecule has 0 bridgehead atoms. The van der Waals surface area contributed by atoms with Crippen molar-refractivity contribution in [3.05, 3.63) is 0 Å². The molecule has 0 spiro atoms. The Morgan fingerprint density at radius 3 is 2.62 bits per heavy atom. The van der Waals surface area contributed by atoms with E-state index in [2.05, 4.69) is 12.2 Å². The Labute approximate surface area is 82.0 Å². The van der Waals surface area contributed by atoms with E-state index in [-0.39, 0.29) is 0 Å². The first kappa shape index (κ1) is 11.0. The van der Waals surface area contributed by atoms with Gasteiger partial charge in [0.25, 0.3) is 0 Å². The lowest BCUT2D eigenvalue weighted by atomic mass is 10.2. The second-order valence-electron chi connectivity index (χ2n) is 3.84. The van der Waals surface area contributed by atoms with Crippen LogP contribution in [0.25, 0.3) is 0 Å². The summed E-state index contributed by atoms with van der Waals surface area (Å²) in [5.41, 5.74) is 0. The van der Waals surface area contributed by atoms with Crippen LogP contribution in [0.4, 0.5) is 0 Å². The highest BCUT2D eigenvalue weighted by Gasteiger charge is 2.19. The van der Waals surface area contributed by atoms with Crippen LogP contribution in [0.2, 0.25) is 0 Å². The van der Waals surface area contributed by atoms with Crippen LogP contribution in [0, 0.1) is 0 Å². The van der Waals surface area contributed by atoms with Crippen LogP contribution >= 0.6 is 0 Å². The minimum atomic E-state index is 0.864. The molecule has 0 amide bonds. The zero-order chi connectivity index (χ0) is 9.36. The maximum atomic E-state index is 5.27. The fraction of sp³-hybridized carbons (Fsp3) is 1.00. The summed E-state index contributed by atoms with van der Waals surface area (Å²) in [6.07, 6.45) is 8.06. The van der Waals surface area contributed by atoms with Crippen LogP contribution in [0.1, 0.15) is 45.4 Å². The third kappa shape index (κ3) is 7.03. The van der Waals surface area contributed by atoms with Gasteiger partial charge in [-0.3, -0.25) is 0 Å². The molecule has 0 aromatic heterocycles. The van der Waals surface area contributed by atoms with Gasteiger partial charge < -0.3 is 10.1 Å². The van der Waals surface area contributed by atoms with E-state index in [1.165, 1.54) is 45.1 Å². The zero-order valence-electron chi connectivity index (χ0n) is 8.85. The fourth-order valence-electron chi connectivity index (χ4n) is 1.42. The summed E-state index contributed by atoms with van der Waals surface area (Å²) in [5.74, 6) is 0. The summed E-state index contributed by atoms with van der Waals surface area (Å²) in [6.45, 7) is 5.09. The van der Waals surface area contributed by atoms with Gasteiger partial charge in [0, 0.05) is 19.3 Å². The highest BCUT2D eigenvalue weighted by atomic mass is 16.5. The molecule has 1 aliphatic rings. The number of hydrogen-bond acceptors (Lipinski definition) is 2. The molecule has 1 aliphatic carbocycles. The molecule has 78 valence electrons. The van der Waals surface area contributed by atoms with E-state index < -0.39 is 0 Å². The highest BCUT2D eigenvalue weighted by Crippen LogP contribution is 2.18. The van der Waals surface area contributed by atoms with E-state index in [1.54, 1.807) is 0 Å². The Morgan fingerprint density at radius 1 is 1.15 bits per heavy atom. The Kier molecular flexibility index (Phi) is 6.21. The third-order valence-electron chi connectivity index (χ3n) is 2.43. The number of ether oxygens (including phenoxy) is 1. The summed E-state index contributed by atoms with van der Waals surface area (Å²) in [5, 5.41) is 3.53. The molecule has 0 aromatic carbocycles. The second kappa shape index (κ2) is 7.34. The molecular weight excluding hydrogens is 162 g/mol. The molecule has 1 rings (SSSR count). The minimum Gasteiger partial charge on any atom is -0.382 e. The summed E-state index contributed by atoms with van der Waals surface area (Å²) in [4.78, 5) is 0. The van der Waals surface area contributed by atoms with Gasteiger partial charge in [0.15, 0.2) is 0 Å². The van der Waals surface area contributed by atoms with E-state index in [0.29, 0.717) is 0 Å². The molecule has 2 heteroatoms. The van der Waals surface area contributed by atoms with Crippen molar-refractivity contribution in [1.29, 1.82) is 0 Å². The molecule has 1 N–H and O–H groups in total. The molecule has 0 aliphatic heterocycles. The van der Waals surface area contributed by atoms with Crippen molar-refractivity contribution in [2.45, 2.75) is 51.5 Å². The molecule has 0 atom stereocenters. The molecule has 0 saturated heterocycles. The predicted octanol–water partition coefficient (Wildman–Crippen LogP) is 2.34. The first-order valence-electron chi connectivity index (χ1n) is 5.74. The van der Waals surface area contributed by atoms with Gasteiger partial charge in [-0.1, -0.05) is 12.8 Å². The molecule has 13 heavy (non-hydrogen) atoms. The Bertz CT molecular complexity index is 113. The Balaban J connectivity index is 1.63. The molecule has 2 nitrogen and oxygen atoms in total. The lowest BCUT2D eigenvalue weighted by Gasteiger charge is -2.03. The van der Waals surface area contributed by atoms with E-state index in [1.807, 2.05) is 0 Å². The van der Waals surface area contributed by atoms with Gasteiger partial charge in [0.1, 0.15) is 0 Å². The van der Waals surface area contributed by atoms with Crippen LogP contribution in [0.3, 0.4) is 0 Å². The fourth-order valence-corrected chi connectivity index (χ4v) is 1.42. The quantitative estimate of drug-likeness (QED) is 0.557. The van der Waals surface area contributed by atoms with Crippen LogP contribution < -0.4 is 5.32 Å². The average Bonchev–Trinajstić information content (AvgIpc) is 2.93.